The minimum atomic E-state index is -0.743. The summed E-state index contributed by atoms with van der Waals surface area (Å²) in [5, 5.41) is 2.16. The second-order valence-electron chi connectivity index (χ2n) is 6.45. The van der Waals surface area contributed by atoms with E-state index in [9.17, 15) is 14.4 Å². The summed E-state index contributed by atoms with van der Waals surface area (Å²) in [5.41, 5.74) is 1.49. The van der Waals surface area contributed by atoms with E-state index in [2.05, 4.69) is 5.32 Å². The summed E-state index contributed by atoms with van der Waals surface area (Å²) in [6.45, 7) is -0.184. The molecule has 2 amide bonds. The first-order valence-corrected chi connectivity index (χ1v) is 9.48. The Labute approximate surface area is 179 Å². The van der Waals surface area contributed by atoms with Crippen molar-refractivity contribution in [3.63, 3.8) is 0 Å². The van der Waals surface area contributed by atoms with Gasteiger partial charge in [-0.05, 0) is 42.0 Å². The lowest BCUT2D eigenvalue weighted by molar-refractivity contribution is -0.123. The van der Waals surface area contributed by atoms with Crippen molar-refractivity contribution in [3.05, 3.63) is 95.6 Å². The zero-order chi connectivity index (χ0) is 22.1. The molecular formula is C24H21NO6. The molecule has 0 heterocycles. The van der Waals surface area contributed by atoms with Gasteiger partial charge in [0.05, 0.1) is 18.2 Å². The van der Waals surface area contributed by atoms with Crippen LogP contribution < -0.4 is 14.8 Å². The highest BCUT2D eigenvalue weighted by Gasteiger charge is 2.16. The zero-order valence-corrected chi connectivity index (χ0v) is 16.9. The van der Waals surface area contributed by atoms with Gasteiger partial charge in [-0.15, -0.1) is 0 Å². The molecule has 0 aromatic heterocycles. The van der Waals surface area contributed by atoms with Crippen LogP contribution in [0.15, 0.2) is 78.9 Å². The molecule has 0 unspecified atom stereocenters. The number of benzene rings is 3. The first-order valence-electron chi connectivity index (χ1n) is 9.48. The van der Waals surface area contributed by atoms with Gasteiger partial charge in [-0.2, -0.15) is 0 Å². The molecule has 7 heteroatoms. The number of ether oxygens (including phenoxy) is 3. The van der Waals surface area contributed by atoms with E-state index in [-0.39, 0.29) is 11.1 Å². The molecule has 0 aliphatic heterocycles. The fraction of sp³-hybridized carbons (Fsp3) is 0.125. The van der Waals surface area contributed by atoms with Crippen molar-refractivity contribution in [2.24, 2.45) is 0 Å². The summed E-state index contributed by atoms with van der Waals surface area (Å²) in [7, 11) is 1.42. The van der Waals surface area contributed by atoms with E-state index in [1.807, 2.05) is 30.3 Å². The van der Waals surface area contributed by atoms with Crippen LogP contribution >= 0.6 is 0 Å². The third kappa shape index (κ3) is 6.17. The Hall–Kier alpha value is -4.13. The summed E-state index contributed by atoms with van der Waals surface area (Å²) in [5.74, 6) is -1.14. The largest absolute Gasteiger partial charge is 0.496 e. The molecular weight excluding hydrogens is 398 g/mol. The second kappa shape index (κ2) is 10.6. The number of imide groups is 1. The van der Waals surface area contributed by atoms with Crippen molar-refractivity contribution in [1.82, 2.24) is 5.32 Å². The maximum Gasteiger partial charge on any atom is 0.338 e. The minimum absolute atomic E-state index is 0.204. The van der Waals surface area contributed by atoms with Gasteiger partial charge in [-0.1, -0.05) is 42.5 Å². The van der Waals surface area contributed by atoms with E-state index in [4.69, 9.17) is 14.2 Å². The fourth-order valence-electron chi connectivity index (χ4n) is 2.70. The smallest absolute Gasteiger partial charge is 0.338 e. The van der Waals surface area contributed by atoms with E-state index >= 15 is 0 Å². The Morgan fingerprint density at radius 3 is 2.23 bits per heavy atom. The molecule has 3 aromatic rings. The molecule has 158 valence electrons. The number of para-hydroxylation sites is 1. The number of rotatable bonds is 8. The van der Waals surface area contributed by atoms with Crippen LogP contribution in [0.2, 0.25) is 0 Å². The second-order valence-corrected chi connectivity index (χ2v) is 6.45. The zero-order valence-electron chi connectivity index (χ0n) is 16.9. The van der Waals surface area contributed by atoms with E-state index < -0.39 is 24.4 Å². The third-order valence-corrected chi connectivity index (χ3v) is 4.28. The van der Waals surface area contributed by atoms with Crippen molar-refractivity contribution >= 4 is 17.8 Å². The molecule has 0 saturated carbocycles. The van der Waals surface area contributed by atoms with Gasteiger partial charge >= 0.3 is 5.97 Å². The summed E-state index contributed by atoms with van der Waals surface area (Å²) in [6, 6.07) is 22.5. The molecule has 7 nitrogen and oxygen atoms in total. The number of hydrogen-bond donors (Lipinski definition) is 1. The van der Waals surface area contributed by atoms with Gasteiger partial charge in [0.15, 0.2) is 6.61 Å². The number of carbonyl (C=O) groups excluding carboxylic acids is 3. The van der Waals surface area contributed by atoms with E-state index in [1.165, 1.54) is 13.2 Å². The van der Waals surface area contributed by atoms with Crippen molar-refractivity contribution in [1.29, 1.82) is 0 Å². The standard InChI is InChI=1S/C24H21NO6/c1-29-21-10-6-5-9-20(21)23(27)25-22(26)16-31-24(28)18-11-13-19(14-12-18)30-15-17-7-3-2-4-8-17/h2-14H,15-16H2,1H3,(H,25,26,27). The highest BCUT2D eigenvalue weighted by Crippen LogP contribution is 2.17. The minimum Gasteiger partial charge on any atom is -0.496 e. The predicted molar refractivity (Wildman–Crippen MR) is 113 cm³/mol. The van der Waals surface area contributed by atoms with Gasteiger partial charge in [-0.25, -0.2) is 4.79 Å². The fourth-order valence-corrected chi connectivity index (χ4v) is 2.70. The van der Waals surface area contributed by atoms with Gasteiger partial charge in [0.1, 0.15) is 18.1 Å². The molecule has 0 bridgehead atoms. The topological polar surface area (TPSA) is 90.9 Å². The van der Waals surface area contributed by atoms with Crippen molar-refractivity contribution in [2.75, 3.05) is 13.7 Å². The Bertz CT molecular complexity index is 1050. The summed E-state index contributed by atoms with van der Waals surface area (Å²) < 4.78 is 15.7. The van der Waals surface area contributed by atoms with Gasteiger partial charge in [0.2, 0.25) is 0 Å². The maximum absolute atomic E-state index is 12.2. The number of methoxy groups -OCH3 is 1. The van der Waals surface area contributed by atoms with Crippen LogP contribution in [0.25, 0.3) is 0 Å². The van der Waals surface area contributed by atoms with Crippen LogP contribution in [-0.2, 0) is 16.1 Å². The molecule has 31 heavy (non-hydrogen) atoms. The monoisotopic (exact) mass is 419 g/mol. The molecule has 0 spiro atoms. The van der Waals surface area contributed by atoms with Gasteiger partial charge in [0, 0.05) is 0 Å². The first kappa shape index (κ1) is 21.6. The van der Waals surface area contributed by atoms with E-state index in [0.29, 0.717) is 18.1 Å². The molecule has 3 rings (SSSR count). The number of carbonyl (C=O) groups is 3. The molecule has 0 saturated heterocycles. The van der Waals surface area contributed by atoms with Gasteiger partial charge in [0.25, 0.3) is 11.8 Å². The number of esters is 1. The summed E-state index contributed by atoms with van der Waals surface area (Å²) >= 11 is 0. The highest BCUT2D eigenvalue weighted by molar-refractivity contribution is 6.07. The Morgan fingerprint density at radius 1 is 0.839 bits per heavy atom. The Morgan fingerprint density at radius 2 is 1.52 bits per heavy atom. The lowest BCUT2D eigenvalue weighted by Crippen LogP contribution is -2.34. The van der Waals surface area contributed by atoms with Crippen LogP contribution in [0.3, 0.4) is 0 Å². The number of nitrogens with one attached hydrogen (secondary N) is 1. The highest BCUT2D eigenvalue weighted by atomic mass is 16.5. The van der Waals surface area contributed by atoms with Crippen molar-refractivity contribution in [3.8, 4) is 11.5 Å². The quantitative estimate of drug-likeness (QED) is 0.563. The lowest BCUT2D eigenvalue weighted by Gasteiger charge is -2.09. The molecule has 0 atom stereocenters. The van der Waals surface area contributed by atoms with Crippen molar-refractivity contribution in [2.45, 2.75) is 6.61 Å². The Balaban J connectivity index is 1.47. The summed E-state index contributed by atoms with van der Waals surface area (Å²) in [6.07, 6.45) is 0. The molecule has 0 aliphatic rings. The van der Waals surface area contributed by atoms with Gasteiger partial charge < -0.3 is 14.2 Å². The molecule has 0 radical (unpaired) electrons. The normalized spacial score (nSPS) is 10.1. The number of hydrogen-bond acceptors (Lipinski definition) is 6. The van der Waals surface area contributed by atoms with Crippen LogP contribution in [0.1, 0.15) is 26.3 Å². The van der Waals surface area contributed by atoms with Gasteiger partial charge in [-0.3, -0.25) is 14.9 Å². The average Bonchev–Trinajstić information content (AvgIpc) is 2.82. The summed E-state index contributed by atoms with van der Waals surface area (Å²) in [4.78, 5) is 36.3. The Kier molecular flexibility index (Phi) is 7.37. The van der Waals surface area contributed by atoms with Crippen LogP contribution in [0.4, 0.5) is 0 Å². The van der Waals surface area contributed by atoms with Crippen LogP contribution in [-0.4, -0.2) is 31.5 Å². The third-order valence-electron chi connectivity index (χ3n) is 4.28. The first-order chi connectivity index (χ1) is 15.1. The molecule has 1 N–H and O–H groups in total. The van der Waals surface area contributed by atoms with E-state index in [1.54, 1.807) is 42.5 Å². The predicted octanol–water partition coefficient (Wildman–Crippen LogP) is 3.39. The molecule has 0 fully saturated rings. The van der Waals surface area contributed by atoms with Crippen LogP contribution in [0, 0.1) is 0 Å². The SMILES string of the molecule is COc1ccccc1C(=O)NC(=O)COC(=O)c1ccc(OCc2ccccc2)cc1. The average molecular weight is 419 g/mol. The van der Waals surface area contributed by atoms with Crippen LogP contribution in [0.5, 0.6) is 11.5 Å². The number of amides is 2. The van der Waals surface area contributed by atoms with E-state index in [0.717, 1.165) is 5.56 Å². The lowest BCUT2D eigenvalue weighted by atomic mass is 10.2. The maximum atomic E-state index is 12.2. The van der Waals surface area contributed by atoms with Crippen molar-refractivity contribution < 1.29 is 28.6 Å². The molecule has 3 aromatic carbocycles. The molecule has 0 aliphatic carbocycles.